The van der Waals surface area contributed by atoms with E-state index in [1.807, 2.05) is 109 Å². The SMILES string of the molecule is [2H]c1cc([2H])c2c(c1[2H])c1c([2H])c([2H])cc([2H])c1n2-c1cc(-c2ccccc2)cc(-c2nc(-c3cccc(-c4ccccc4)c3)nc(-c3cccc(-c4ccccc4)c3)n2)c1. The van der Waals surface area contributed by atoms with Crippen molar-refractivity contribution in [1.29, 1.82) is 0 Å². The van der Waals surface area contributed by atoms with Crippen LogP contribution in [-0.2, 0) is 0 Å². The van der Waals surface area contributed by atoms with Crippen LogP contribution in [-0.4, -0.2) is 19.5 Å². The smallest absolute Gasteiger partial charge is 0.164 e. The summed E-state index contributed by atoms with van der Waals surface area (Å²) in [5, 5.41) is 0.376. The molecular formula is C51H34N4. The normalized spacial score (nSPS) is 12.8. The highest BCUT2D eigenvalue weighted by Crippen LogP contribution is 2.37. The molecule has 55 heavy (non-hydrogen) atoms. The fourth-order valence-electron chi connectivity index (χ4n) is 7.14. The van der Waals surface area contributed by atoms with Crippen LogP contribution < -0.4 is 0 Å². The van der Waals surface area contributed by atoms with Crippen molar-refractivity contribution >= 4 is 21.8 Å². The van der Waals surface area contributed by atoms with Crippen molar-refractivity contribution in [3.8, 4) is 73.2 Å². The lowest BCUT2D eigenvalue weighted by molar-refractivity contribution is 1.07. The van der Waals surface area contributed by atoms with Crippen LogP contribution in [0.25, 0.3) is 95.0 Å². The Morgan fingerprint density at radius 1 is 0.327 bits per heavy atom. The van der Waals surface area contributed by atoms with E-state index < -0.39 is 0 Å². The monoisotopic (exact) mass is 708 g/mol. The molecule has 258 valence electrons. The molecule has 0 aliphatic carbocycles. The van der Waals surface area contributed by atoms with Crippen LogP contribution in [0.3, 0.4) is 0 Å². The first kappa shape index (κ1) is 26.4. The Morgan fingerprint density at radius 2 is 0.709 bits per heavy atom. The van der Waals surface area contributed by atoms with Crippen LogP contribution in [0.15, 0.2) is 206 Å². The molecule has 10 aromatic rings. The average molecular weight is 709 g/mol. The molecule has 0 atom stereocenters. The van der Waals surface area contributed by atoms with E-state index in [0.717, 1.165) is 44.5 Å². The summed E-state index contributed by atoms with van der Waals surface area (Å²) in [6, 6.07) is 54.1. The van der Waals surface area contributed by atoms with Crippen molar-refractivity contribution < 1.29 is 8.22 Å². The molecule has 2 aromatic heterocycles. The summed E-state index contributed by atoms with van der Waals surface area (Å²) in [7, 11) is 0. The van der Waals surface area contributed by atoms with Gasteiger partial charge in [-0.15, -0.1) is 0 Å². The van der Waals surface area contributed by atoms with Gasteiger partial charge in [0.2, 0.25) is 0 Å². The van der Waals surface area contributed by atoms with Crippen LogP contribution in [0.1, 0.15) is 8.22 Å². The third-order valence-corrected chi connectivity index (χ3v) is 9.76. The Labute approximate surface area is 328 Å². The van der Waals surface area contributed by atoms with Crippen molar-refractivity contribution in [2.45, 2.75) is 0 Å². The Balaban J connectivity index is 1.26. The fourth-order valence-corrected chi connectivity index (χ4v) is 7.14. The molecule has 0 amide bonds. The largest absolute Gasteiger partial charge is 0.309 e. The number of hydrogen-bond acceptors (Lipinski definition) is 3. The van der Waals surface area contributed by atoms with Crippen molar-refractivity contribution in [3.05, 3.63) is 206 Å². The highest BCUT2D eigenvalue weighted by molar-refractivity contribution is 6.09. The van der Waals surface area contributed by atoms with Gasteiger partial charge in [0.15, 0.2) is 17.5 Å². The first-order valence-corrected chi connectivity index (χ1v) is 18.0. The highest BCUT2D eigenvalue weighted by atomic mass is 15.0. The molecular weight excluding hydrogens is 669 g/mol. The van der Waals surface area contributed by atoms with Crippen LogP contribution in [0.2, 0.25) is 0 Å². The molecule has 0 bridgehead atoms. The van der Waals surface area contributed by atoms with Crippen molar-refractivity contribution in [1.82, 2.24) is 19.5 Å². The minimum absolute atomic E-state index is 0.0366. The van der Waals surface area contributed by atoms with Gasteiger partial charge in [-0.1, -0.05) is 164 Å². The molecule has 0 saturated carbocycles. The molecule has 0 aliphatic rings. The maximum atomic E-state index is 9.13. The Hall–Kier alpha value is -7.43. The topological polar surface area (TPSA) is 43.6 Å². The second-order valence-corrected chi connectivity index (χ2v) is 13.2. The van der Waals surface area contributed by atoms with Gasteiger partial charge < -0.3 is 4.57 Å². The zero-order valence-corrected chi connectivity index (χ0v) is 29.5. The third kappa shape index (κ3) is 6.16. The maximum absolute atomic E-state index is 9.13. The lowest BCUT2D eigenvalue weighted by Gasteiger charge is -2.15. The fraction of sp³-hybridized carbons (Fsp3) is 0. The number of para-hydroxylation sites is 2. The molecule has 10 rings (SSSR count). The van der Waals surface area contributed by atoms with Gasteiger partial charge in [0.25, 0.3) is 0 Å². The number of benzene rings is 8. The predicted octanol–water partition coefficient (Wildman–Crippen LogP) is 13.0. The van der Waals surface area contributed by atoms with Crippen molar-refractivity contribution in [2.24, 2.45) is 0 Å². The summed E-state index contributed by atoms with van der Waals surface area (Å²) < 4.78 is 54.9. The first-order valence-electron chi connectivity index (χ1n) is 21.0. The second-order valence-electron chi connectivity index (χ2n) is 13.2. The zero-order chi connectivity index (χ0) is 41.8. The first-order chi connectivity index (χ1) is 29.7. The van der Waals surface area contributed by atoms with Gasteiger partial charge >= 0.3 is 0 Å². The number of hydrogen-bond donors (Lipinski definition) is 0. The molecule has 0 radical (unpaired) electrons. The predicted molar refractivity (Wildman–Crippen MR) is 227 cm³/mol. The van der Waals surface area contributed by atoms with E-state index in [2.05, 4.69) is 48.5 Å². The maximum Gasteiger partial charge on any atom is 0.164 e. The van der Waals surface area contributed by atoms with E-state index in [1.165, 1.54) is 12.1 Å². The van der Waals surface area contributed by atoms with E-state index >= 15 is 0 Å². The van der Waals surface area contributed by atoms with Gasteiger partial charge in [-0.25, -0.2) is 15.0 Å². The molecule has 0 aliphatic heterocycles. The number of rotatable bonds is 7. The summed E-state index contributed by atoms with van der Waals surface area (Å²) in [6.07, 6.45) is 0. The van der Waals surface area contributed by atoms with Crippen LogP contribution in [0, 0.1) is 0 Å². The van der Waals surface area contributed by atoms with Crippen LogP contribution >= 0.6 is 0 Å². The van der Waals surface area contributed by atoms with Gasteiger partial charge in [-0.05, 0) is 75.8 Å². The third-order valence-electron chi connectivity index (χ3n) is 9.76. The van der Waals surface area contributed by atoms with E-state index in [-0.39, 0.29) is 58.1 Å². The van der Waals surface area contributed by atoms with Crippen LogP contribution in [0.4, 0.5) is 0 Å². The Kier molecular flexibility index (Phi) is 6.63. The van der Waals surface area contributed by atoms with Crippen molar-refractivity contribution in [3.63, 3.8) is 0 Å². The highest BCUT2D eigenvalue weighted by Gasteiger charge is 2.18. The summed E-state index contributed by atoms with van der Waals surface area (Å²) in [5.41, 5.74) is 9.14. The molecule has 0 N–H and O–H groups in total. The van der Waals surface area contributed by atoms with Gasteiger partial charge in [0.1, 0.15) is 0 Å². The van der Waals surface area contributed by atoms with Gasteiger partial charge in [0, 0.05) is 33.2 Å². The van der Waals surface area contributed by atoms with E-state index in [9.17, 15) is 0 Å². The van der Waals surface area contributed by atoms with Crippen molar-refractivity contribution in [2.75, 3.05) is 0 Å². The molecule has 2 heterocycles. The number of aromatic nitrogens is 4. The molecule has 0 spiro atoms. The van der Waals surface area contributed by atoms with Gasteiger partial charge in [0.05, 0.1) is 19.3 Å². The Bertz CT molecular complexity index is 3140. The Morgan fingerprint density at radius 3 is 1.20 bits per heavy atom. The summed E-state index contributed by atoms with van der Waals surface area (Å²) in [6.45, 7) is 0. The summed E-state index contributed by atoms with van der Waals surface area (Å²) in [4.78, 5) is 15.4. The lowest BCUT2D eigenvalue weighted by Crippen LogP contribution is -2.02. The molecule has 0 saturated heterocycles. The summed E-state index contributed by atoms with van der Waals surface area (Å²) >= 11 is 0. The minimum Gasteiger partial charge on any atom is -0.309 e. The molecule has 8 aromatic carbocycles. The van der Waals surface area contributed by atoms with E-state index in [1.54, 1.807) is 4.57 Å². The van der Waals surface area contributed by atoms with Gasteiger partial charge in [-0.2, -0.15) is 0 Å². The number of nitrogens with zero attached hydrogens (tertiary/aromatic N) is 4. The van der Waals surface area contributed by atoms with E-state index in [4.69, 9.17) is 23.2 Å². The second kappa shape index (κ2) is 13.8. The number of fused-ring (bicyclic) bond motifs is 3. The summed E-state index contributed by atoms with van der Waals surface area (Å²) in [5.74, 6) is 1.32. The van der Waals surface area contributed by atoms with Gasteiger partial charge in [-0.3, -0.25) is 0 Å². The van der Waals surface area contributed by atoms with Crippen LogP contribution in [0.5, 0.6) is 0 Å². The zero-order valence-electron chi connectivity index (χ0n) is 35.5. The quantitative estimate of drug-likeness (QED) is 0.166. The lowest BCUT2D eigenvalue weighted by atomic mass is 10.0. The van der Waals surface area contributed by atoms with E-state index in [0.29, 0.717) is 28.7 Å². The molecule has 0 fully saturated rings. The molecule has 4 heteroatoms. The molecule has 4 nitrogen and oxygen atoms in total. The minimum atomic E-state index is -0.172. The molecule has 0 unspecified atom stereocenters. The standard InChI is InChI=1S/C51H34N4/c1-4-16-35(17-5-1)38-22-14-24-40(30-38)49-52-50(41-25-15-23-39(31-41)36-18-6-2-7-19-36)54-51(53-49)43-32-42(37-20-8-3-9-21-37)33-44(34-43)55-47-28-12-10-26-45(47)46-27-11-13-29-48(46)55/h1-34H/i10D,11D,26D,27D,28D,29D. The average Bonchev–Trinajstić information content (AvgIpc) is 3.69.